The Kier molecular flexibility index (Phi) is 9.73. The van der Waals surface area contributed by atoms with Crippen molar-refractivity contribution in [1.29, 1.82) is 0 Å². The van der Waals surface area contributed by atoms with E-state index >= 15 is 0 Å². The molecule has 20 heavy (non-hydrogen) atoms. The Morgan fingerprint density at radius 3 is 2.55 bits per heavy atom. The number of hydrogen-bond donors (Lipinski definition) is 2. The Morgan fingerprint density at radius 1 is 1.15 bits per heavy atom. The van der Waals surface area contributed by atoms with E-state index in [0.717, 1.165) is 19.5 Å². The number of unbranched alkanes of at least 4 members (excludes halogenated alkanes) is 6. The topological polar surface area (TPSA) is 41.1 Å². The molecule has 1 amide bonds. The van der Waals surface area contributed by atoms with E-state index < -0.39 is 0 Å². The van der Waals surface area contributed by atoms with Crippen LogP contribution in [0.5, 0.6) is 0 Å². The second kappa shape index (κ2) is 11.1. The molecule has 0 radical (unpaired) electrons. The van der Waals surface area contributed by atoms with Gasteiger partial charge in [-0.05, 0) is 31.7 Å². The summed E-state index contributed by atoms with van der Waals surface area (Å²) >= 11 is 0. The first-order chi connectivity index (χ1) is 9.74. The summed E-state index contributed by atoms with van der Waals surface area (Å²) in [5, 5.41) is 6.60. The average Bonchev–Trinajstić information content (AvgIpc) is 2.45. The van der Waals surface area contributed by atoms with Gasteiger partial charge in [0.2, 0.25) is 5.91 Å². The highest BCUT2D eigenvalue weighted by atomic mass is 16.1. The summed E-state index contributed by atoms with van der Waals surface area (Å²) in [4.78, 5) is 11.8. The molecule has 0 aromatic rings. The first-order valence-electron chi connectivity index (χ1n) is 8.74. The lowest BCUT2D eigenvalue weighted by molar-refractivity contribution is -0.121. The van der Waals surface area contributed by atoms with E-state index in [0.29, 0.717) is 18.4 Å². The Labute approximate surface area is 125 Å². The predicted octanol–water partition coefficient (Wildman–Crippen LogP) is 3.63. The molecule has 1 heterocycles. The molecule has 1 fully saturated rings. The van der Waals surface area contributed by atoms with Crippen LogP contribution in [-0.4, -0.2) is 25.0 Å². The van der Waals surface area contributed by atoms with Gasteiger partial charge < -0.3 is 10.6 Å². The van der Waals surface area contributed by atoms with Gasteiger partial charge in [-0.3, -0.25) is 4.79 Å². The number of carbonyl (C=O) groups excluding carboxylic acids is 1. The fraction of sp³-hybridized carbons (Fsp3) is 0.941. The van der Waals surface area contributed by atoms with Gasteiger partial charge in [0.1, 0.15) is 0 Å². The Morgan fingerprint density at radius 2 is 1.85 bits per heavy atom. The van der Waals surface area contributed by atoms with Crippen molar-refractivity contribution in [2.45, 2.75) is 84.1 Å². The van der Waals surface area contributed by atoms with Crippen molar-refractivity contribution >= 4 is 5.91 Å². The fourth-order valence-electron chi connectivity index (χ4n) is 2.94. The molecule has 2 atom stereocenters. The monoisotopic (exact) mass is 282 g/mol. The van der Waals surface area contributed by atoms with Crippen molar-refractivity contribution in [1.82, 2.24) is 10.6 Å². The van der Waals surface area contributed by atoms with Gasteiger partial charge in [-0.15, -0.1) is 0 Å². The van der Waals surface area contributed by atoms with Gasteiger partial charge >= 0.3 is 0 Å². The van der Waals surface area contributed by atoms with Gasteiger partial charge in [0.25, 0.3) is 0 Å². The van der Waals surface area contributed by atoms with Crippen LogP contribution >= 0.6 is 0 Å². The summed E-state index contributed by atoms with van der Waals surface area (Å²) in [6, 6.07) is 0.474. The van der Waals surface area contributed by atoms with Crippen LogP contribution in [0.15, 0.2) is 0 Å². The molecule has 0 spiro atoms. The van der Waals surface area contributed by atoms with Crippen LogP contribution in [0.3, 0.4) is 0 Å². The number of carbonyl (C=O) groups is 1. The van der Waals surface area contributed by atoms with Gasteiger partial charge in [0, 0.05) is 19.0 Å². The van der Waals surface area contributed by atoms with E-state index in [1.807, 2.05) is 0 Å². The van der Waals surface area contributed by atoms with E-state index in [9.17, 15) is 4.79 Å². The third-order valence-electron chi connectivity index (χ3n) is 4.46. The largest absolute Gasteiger partial charge is 0.355 e. The molecule has 0 saturated carbocycles. The molecule has 2 unspecified atom stereocenters. The number of nitrogens with one attached hydrogen (secondary N) is 2. The van der Waals surface area contributed by atoms with Crippen LogP contribution in [0, 0.1) is 5.92 Å². The maximum absolute atomic E-state index is 11.8. The quantitative estimate of drug-likeness (QED) is 0.601. The Hall–Kier alpha value is -0.570. The van der Waals surface area contributed by atoms with Crippen molar-refractivity contribution in [3.05, 3.63) is 0 Å². The summed E-state index contributed by atoms with van der Waals surface area (Å²) in [6.07, 6.45) is 12.1. The highest BCUT2D eigenvalue weighted by molar-refractivity contribution is 5.75. The Bertz CT molecular complexity index is 255. The molecule has 0 aromatic heterocycles. The number of hydrogen-bond acceptors (Lipinski definition) is 2. The Balaban J connectivity index is 1.94. The van der Waals surface area contributed by atoms with Gasteiger partial charge in [-0.25, -0.2) is 0 Å². The summed E-state index contributed by atoms with van der Waals surface area (Å²) in [6.45, 7) is 6.42. The molecule has 1 aliphatic heterocycles. The molecule has 2 N–H and O–H groups in total. The summed E-state index contributed by atoms with van der Waals surface area (Å²) < 4.78 is 0. The van der Waals surface area contributed by atoms with Gasteiger partial charge in [0.05, 0.1) is 0 Å². The second-order valence-corrected chi connectivity index (χ2v) is 6.36. The smallest absolute Gasteiger partial charge is 0.220 e. The molecule has 1 rings (SSSR count). The van der Waals surface area contributed by atoms with Crippen LogP contribution < -0.4 is 10.6 Å². The molecule has 0 bridgehead atoms. The lowest BCUT2D eigenvalue weighted by Gasteiger charge is -2.30. The van der Waals surface area contributed by atoms with E-state index in [4.69, 9.17) is 0 Å². The van der Waals surface area contributed by atoms with E-state index in [1.54, 1.807) is 0 Å². The normalized spacial score (nSPS) is 22.7. The van der Waals surface area contributed by atoms with Crippen LogP contribution in [0.1, 0.15) is 78.1 Å². The molecule has 0 aromatic carbocycles. The molecule has 0 aliphatic carbocycles. The molecule has 118 valence electrons. The first kappa shape index (κ1) is 17.5. The molecule has 3 heteroatoms. The van der Waals surface area contributed by atoms with Crippen LogP contribution in [0.2, 0.25) is 0 Å². The zero-order valence-electron chi connectivity index (χ0n) is 13.5. The third-order valence-corrected chi connectivity index (χ3v) is 4.46. The van der Waals surface area contributed by atoms with Crippen LogP contribution in [0.25, 0.3) is 0 Å². The maximum atomic E-state index is 11.8. The number of rotatable bonds is 10. The molecule has 1 aliphatic rings. The summed E-state index contributed by atoms with van der Waals surface area (Å²) in [7, 11) is 0. The lowest BCUT2D eigenvalue weighted by Crippen LogP contribution is -2.47. The van der Waals surface area contributed by atoms with Crippen molar-refractivity contribution in [2.24, 2.45) is 5.92 Å². The molecule has 3 nitrogen and oxygen atoms in total. The van der Waals surface area contributed by atoms with E-state index in [-0.39, 0.29) is 5.91 Å². The minimum Gasteiger partial charge on any atom is -0.355 e. The van der Waals surface area contributed by atoms with Crippen molar-refractivity contribution in [3.63, 3.8) is 0 Å². The molecule has 1 saturated heterocycles. The SMILES string of the molecule is CCCCCCCCCC(=O)NCC1NCCCC1C. The van der Waals surface area contributed by atoms with Crippen molar-refractivity contribution < 1.29 is 4.79 Å². The summed E-state index contributed by atoms with van der Waals surface area (Å²) in [5.41, 5.74) is 0. The minimum atomic E-state index is 0.234. The zero-order chi connectivity index (χ0) is 14.6. The number of piperidine rings is 1. The molecular formula is C17H34N2O. The van der Waals surface area contributed by atoms with Gasteiger partial charge in [-0.1, -0.05) is 52.4 Å². The third kappa shape index (κ3) is 7.88. The standard InChI is InChI=1S/C17H34N2O/c1-3-4-5-6-7-8-9-12-17(20)19-14-16-15(2)11-10-13-18-16/h15-16,18H,3-14H2,1-2H3,(H,19,20). The van der Waals surface area contributed by atoms with E-state index in [2.05, 4.69) is 24.5 Å². The van der Waals surface area contributed by atoms with E-state index in [1.165, 1.54) is 51.4 Å². The zero-order valence-corrected chi connectivity index (χ0v) is 13.5. The fourth-order valence-corrected chi connectivity index (χ4v) is 2.94. The van der Waals surface area contributed by atoms with Gasteiger partial charge in [0.15, 0.2) is 0 Å². The second-order valence-electron chi connectivity index (χ2n) is 6.36. The van der Waals surface area contributed by atoms with Crippen LogP contribution in [0.4, 0.5) is 0 Å². The highest BCUT2D eigenvalue weighted by Gasteiger charge is 2.20. The minimum absolute atomic E-state index is 0.234. The molecular weight excluding hydrogens is 248 g/mol. The van der Waals surface area contributed by atoms with Crippen LogP contribution in [-0.2, 0) is 4.79 Å². The van der Waals surface area contributed by atoms with Gasteiger partial charge in [-0.2, -0.15) is 0 Å². The summed E-state index contributed by atoms with van der Waals surface area (Å²) in [5.74, 6) is 0.917. The highest BCUT2D eigenvalue weighted by Crippen LogP contribution is 2.14. The first-order valence-corrected chi connectivity index (χ1v) is 8.74. The van der Waals surface area contributed by atoms with Crippen molar-refractivity contribution in [3.8, 4) is 0 Å². The lowest BCUT2D eigenvalue weighted by atomic mass is 9.93. The average molecular weight is 282 g/mol. The predicted molar refractivity (Wildman–Crippen MR) is 85.8 cm³/mol. The number of amides is 1. The maximum Gasteiger partial charge on any atom is 0.220 e. The van der Waals surface area contributed by atoms with Crippen molar-refractivity contribution in [2.75, 3.05) is 13.1 Å².